The Kier molecular flexibility index (Phi) is 15.7. The number of carboxylic acids is 3. The maximum atomic E-state index is 10.6. The predicted octanol–water partition coefficient (Wildman–Crippen LogP) is 5.86. The lowest BCUT2D eigenvalue weighted by Gasteiger charge is -2.27. The number of alkyl halides is 9. The first-order chi connectivity index (χ1) is 24.0. The maximum Gasteiger partial charge on any atom is 0.490 e. The summed E-state index contributed by atoms with van der Waals surface area (Å²) in [6.45, 7) is 5.70. The molecule has 286 valence electrons. The van der Waals surface area contributed by atoms with Gasteiger partial charge in [0.2, 0.25) is 5.95 Å². The number of nitrogens with zero attached hydrogens (tertiary/aromatic N) is 3. The third kappa shape index (κ3) is 15.9. The van der Waals surface area contributed by atoms with E-state index in [1.54, 1.807) is 6.20 Å². The second-order valence-corrected chi connectivity index (χ2v) is 10.6. The highest BCUT2D eigenvalue weighted by atomic mass is 35.5. The third-order valence-corrected chi connectivity index (χ3v) is 6.43. The average Bonchev–Trinajstić information content (AvgIpc) is 3.02. The van der Waals surface area contributed by atoms with E-state index < -0.39 is 36.4 Å². The molecule has 0 radical (unpaired) electrons. The van der Waals surface area contributed by atoms with Crippen LogP contribution in [0.3, 0.4) is 0 Å². The first-order valence-corrected chi connectivity index (χ1v) is 14.7. The Hall–Kier alpha value is -5.09. The molecular weight excluding hydrogens is 751 g/mol. The molecule has 0 amide bonds. The van der Waals surface area contributed by atoms with E-state index in [1.807, 2.05) is 24.3 Å². The van der Waals surface area contributed by atoms with Crippen molar-refractivity contribution in [3.8, 4) is 5.75 Å². The van der Waals surface area contributed by atoms with Crippen LogP contribution in [0.25, 0.3) is 0 Å². The molecule has 13 nitrogen and oxygen atoms in total. The van der Waals surface area contributed by atoms with E-state index >= 15 is 0 Å². The number of benzene rings is 2. The van der Waals surface area contributed by atoms with Crippen molar-refractivity contribution >= 4 is 52.6 Å². The minimum atomic E-state index is -5.08. The maximum absolute atomic E-state index is 10.6. The lowest BCUT2D eigenvalue weighted by Crippen LogP contribution is -2.42. The van der Waals surface area contributed by atoms with Gasteiger partial charge in [0.25, 0.3) is 0 Å². The molecule has 1 saturated heterocycles. The van der Waals surface area contributed by atoms with Crippen LogP contribution in [-0.2, 0) is 27.3 Å². The molecule has 6 bridgehead atoms. The molecule has 2 aliphatic heterocycles. The Labute approximate surface area is 292 Å². The predicted molar refractivity (Wildman–Crippen MR) is 165 cm³/mol. The zero-order valence-electron chi connectivity index (χ0n) is 26.2. The van der Waals surface area contributed by atoms with Crippen molar-refractivity contribution in [1.82, 2.24) is 20.2 Å². The molecule has 2 aromatic carbocycles. The number of aromatic nitrogens is 2. The summed E-state index contributed by atoms with van der Waals surface area (Å²) in [7, 11) is 0. The molecule has 2 aliphatic rings. The molecule has 23 heteroatoms. The van der Waals surface area contributed by atoms with Crippen LogP contribution in [0.2, 0.25) is 5.02 Å². The Morgan fingerprint density at radius 1 is 0.808 bits per heavy atom. The Bertz CT molecular complexity index is 1610. The largest absolute Gasteiger partial charge is 0.493 e. The van der Waals surface area contributed by atoms with E-state index in [9.17, 15) is 39.5 Å². The number of nitrogens with one attached hydrogen (secondary N) is 3. The average molecular weight is 779 g/mol. The number of aliphatic carboxylic acids is 3. The molecular formula is C29H28ClF9N6O7. The second-order valence-electron chi connectivity index (χ2n) is 10.2. The van der Waals surface area contributed by atoms with Gasteiger partial charge in [-0.1, -0.05) is 23.7 Å². The fourth-order valence-electron chi connectivity index (χ4n) is 3.93. The highest BCUT2D eigenvalue weighted by Gasteiger charge is 2.39. The van der Waals surface area contributed by atoms with Crippen molar-refractivity contribution in [1.29, 1.82) is 0 Å². The van der Waals surface area contributed by atoms with E-state index in [2.05, 4.69) is 49.0 Å². The Balaban J connectivity index is 0.000000365. The topological polar surface area (TPSA) is 186 Å². The van der Waals surface area contributed by atoms with Crippen molar-refractivity contribution in [2.75, 3.05) is 43.4 Å². The second kappa shape index (κ2) is 18.9. The van der Waals surface area contributed by atoms with Crippen LogP contribution in [0.15, 0.2) is 48.7 Å². The molecule has 52 heavy (non-hydrogen) atoms. The first-order valence-electron chi connectivity index (χ1n) is 14.3. The van der Waals surface area contributed by atoms with Gasteiger partial charge in [0.15, 0.2) is 5.82 Å². The van der Waals surface area contributed by atoms with Crippen LogP contribution in [0.1, 0.15) is 11.1 Å². The van der Waals surface area contributed by atoms with Gasteiger partial charge in [-0.05, 0) is 35.4 Å². The zero-order chi connectivity index (χ0) is 39.3. The lowest BCUT2D eigenvalue weighted by molar-refractivity contribution is -0.193. The smallest absolute Gasteiger partial charge is 0.490 e. The van der Waals surface area contributed by atoms with Gasteiger partial charge >= 0.3 is 36.4 Å². The molecule has 0 aliphatic carbocycles. The summed E-state index contributed by atoms with van der Waals surface area (Å²) in [5.74, 6) is -6.41. The number of anilines is 4. The minimum absolute atomic E-state index is 0.456. The number of piperazine rings is 1. The number of carboxylic acid groups (broad SMARTS) is 3. The fourth-order valence-corrected chi connectivity index (χ4v) is 4.07. The third-order valence-electron chi connectivity index (χ3n) is 6.15. The summed E-state index contributed by atoms with van der Waals surface area (Å²) in [5.41, 5.74) is 4.31. The van der Waals surface area contributed by atoms with Gasteiger partial charge in [-0.15, -0.1) is 0 Å². The number of hydrogen-bond acceptors (Lipinski definition) is 10. The highest BCUT2D eigenvalue weighted by molar-refractivity contribution is 6.32. The van der Waals surface area contributed by atoms with E-state index in [-0.39, 0.29) is 0 Å². The van der Waals surface area contributed by atoms with Gasteiger partial charge in [0.05, 0.1) is 12.8 Å². The standard InChI is InChI=1S/C23H25ClN6O.3C2HF3O2/c24-21-14-26-23-28-19-11-16(10-17(12-19)15-30-7-5-25-6-8-30)4-9-31-20-3-1-2-18(13-20)27-22(21)29-23;3*3-2(4,5)1(6)7/h1-3,10-14,25H,4-9,15H2,(H2,26,27,28,29);3*(H,6,7). The molecule has 1 aromatic heterocycles. The van der Waals surface area contributed by atoms with Crippen molar-refractivity contribution in [2.24, 2.45) is 0 Å². The molecule has 3 aromatic rings. The number of rotatable bonds is 2. The summed E-state index contributed by atoms with van der Waals surface area (Å²) < 4.78 is 101. The minimum Gasteiger partial charge on any atom is -0.493 e. The zero-order valence-corrected chi connectivity index (χ0v) is 26.9. The van der Waals surface area contributed by atoms with Crippen molar-refractivity contribution < 1.29 is 74.0 Å². The molecule has 0 saturated carbocycles. The van der Waals surface area contributed by atoms with Gasteiger partial charge in [0.1, 0.15) is 10.8 Å². The molecule has 0 spiro atoms. The quantitative estimate of drug-likeness (QED) is 0.170. The summed E-state index contributed by atoms with van der Waals surface area (Å²) in [4.78, 5) is 38.1. The number of carbonyl (C=O) groups is 3. The first kappa shape index (κ1) is 43.1. The van der Waals surface area contributed by atoms with E-state index in [4.69, 9.17) is 46.0 Å². The van der Waals surface area contributed by atoms with Crippen LogP contribution >= 0.6 is 11.6 Å². The van der Waals surface area contributed by atoms with Crippen molar-refractivity contribution in [2.45, 2.75) is 31.5 Å². The molecule has 3 heterocycles. The van der Waals surface area contributed by atoms with Crippen LogP contribution in [-0.4, -0.2) is 99.4 Å². The van der Waals surface area contributed by atoms with Gasteiger partial charge in [-0.2, -0.15) is 44.5 Å². The molecule has 0 unspecified atom stereocenters. The van der Waals surface area contributed by atoms with E-state index in [0.29, 0.717) is 23.4 Å². The van der Waals surface area contributed by atoms with Gasteiger partial charge in [0, 0.05) is 56.6 Å². The van der Waals surface area contributed by atoms with Crippen molar-refractivity contribution in [3.05, 3.63) is 64.8 Å². The van der Waals surface area contributed by atoms with Crippen molar-refractivity contribution in [3.63, 3.8) is 0 Å². The summed E-state index contributed by atoms with van der Waals surface area (Å²) in [5, 5.41) is 31.9. The summed E-state index contributed by atoms with van der Waals surface area (Å²) >= 11 is 6.34. The summed E-state index contributed by atoms with van der Waals surface area (Å²) in [6.07, 6.45) is -12.8. The Morgan fingerprint density at radius 3 is 1.90 bits per heavy atom. The van der Waals surface area contributed by atoms with Gasteiger partial charge in [-0.3, -0.25) is 4.90 Å². The Morgan fingerprint density at radius 2 is 1.37 bits per heavy atom. The van der Waals surface area contributed by atoms with Crippen LogP contribution in [0, 0.1) is 0 Å². The molecule has 6 N–H and O–H groups in total. The number of ether oxygens (including phenoxy) is 1. The number of hydrogen-bond donors (Lipinski definition) is 6. The molecule has 0 atom stereocenters. The summed E-state index contributed by atoms with van der Waals surface area (Å²) in [6, 6.07) is 14.4. The van der Waals surface area contributed by atoms with Gasteiger partial charge in [-0.25, -0.2) is 19.4 Å². The molecule has 5 rings (SSSR count). The van der Waals surface area contributed by atoms with Crippen LogP contribution in [0.5, 0.6) is 5.75 Å². The highest BCUT2D eigenvalue weighted by Crippen LogP contribution is 2.28. The molecule has 1 fully saturated rings. The van der Waals surface area contributed by atoms with Crippen LogP contribution in [0.4, 0.5) is 62.7 Å². The van der Waals surface area contributed by atoms with E-state index in [0.717, 1.165) is 56.3 Å². The van der Waals surface area contributed by atoms with Crippen LogP contribution < -0.4 is 20.7 Å². The van der Waals surface area contributed by atoms with Gasteiger partial charge < -0.3 is 36.0 Å². The monoisotopic (exact) mass is 778 g/mol. The lowest BCUT2D eigenvalue weighted by atomic mass is 10.1. The fraction of sp³-hybridized carbons (Fsp3) is 0.345. The van der Waals surface area contributed by atoms with E-state index in [1.165, 1.54) is 11.1 Å². The normalized spacial score (nSPS) is 14.3. The number of fused-ring (bicyclic) bond motifs is 6. The SMILES string of the molecule is Clc1cnc2nc1Nc1cccc(c1)OCCc1cc(CN3CCNCC3)cc(c1)N2.O=C(O)C(F)(F)F.O=C(O)C(F)(F)F.O=C(O)C(F)(F)F. The number of halogens is 10.